The summed E-state index contributed by atoms with van der Waals surface area (Å²) in [6, 6.07) is 0. The fourth-order valence-electron chi connectivity index (χ4n) is 0. The summed E-state index contributed by atoms with van der Waals surface area (Å²) < 4.78 is 34.1. The van der Waals surface area contributed by atoms with Gasteiger partial charge in [0.1, 0.15) is 0 Å². The summed E-state index contributed by atoms with van der Waals surface area (Å²) >= 11 is 0. The number of hydrogen-bond donors (Lipinski definition) is 0. The van der Waals surface area contributed by atoms with Gasteiger partial charge in [-0.25, -0.2) is 0 Å². The van der Waals surface area contributed by atoms with Crippen LogP contribution in [0.15, 0.2) is 0 Å². The van der Waals surface area contributed by atoms with E-state index in [1.165, 1.54) is 0 Å². The van der Waals surface area contributed by atoms with Crippen molar-refractivity contribution < 1.29 is 53.1 Å². The molecule has 0 aliphatic heterocycles. The molecule has 1 radical (unpaired) electrons. The molecule has 0 rings (SSSR count). The van der Waals surface area contributed by atoms with Crippen molar-refractivity contribution in [3.05, 3.63) is 0 Å². The minimum Gasteiger partial charge on any atom is -0.759 e. The summed E-state index contributed by atoms with van der Waals surface area (Å²) in [4.78, 5) is 0. The first-order valence-electron chi connectivity index (χ1n) is 0.667. The standard InChI is InChI=1S/Fe.H2O4S.V/c;1-5(2,3)4;/h;(H2,1,2,3,4);/q+2;;/p-2. The number of rotatable bonds is 0. The molecule has 0 heterocycles. The summed E-state index contributed by atoms with van der Waals surface area (Å²) in [6.07, 6.45) is 0. The molecule has 0 saturated carbocycles. The molecule has 0 N–H and O–H groups in total. The topological polar surface area (TPSA) is 80.3 Å². The predicted molar refractivity (Wildman–Crippen MR) is 10.5 cm³/mol. The van der Waals surface area contributed by atoms with Gasteiger partial charge in [-0.05, 0) is 0 Å². The summed E-state index contributed by atoms with van der Waals surface area (Å²) in [6.45, 7) is 0. The van der Waals surface area contributed by atoms with Gasteiger partial charge in [-0.1, -0.05) is 0 Å². The van der Waals surface area contributed by atoms with E-state index in [2.05, 4.69) is 0 Å². The van der Waals surface area contributed by atoms with Gasteiger partial charge in [0.15, 0.2) is 0 Å². The molecule has 0 unspecified atom stereocenters. The normalized spacial score (nSPS) is 8.29. The molecule has 0 saturated heterocycles. The Morgan fingerprint density at radius 3 is 1.14 bits per heavy atom. The molecule has 0 fully saturated rings. The number of hydrogen-bond acceptors (Lipinski definition) is 4. The average molecular weight is 203 g/mol. The predicted octanol–water partition coefficient (Wildman–Crippen LogP) is -1.34. The first-order chi connectivity index (χ1) is 2.00. The molecule has 7 heteroatoms. The van der Waals surface area contributed by atoms with Gasteiger partial charge in [-0.2, -0.15) is 0 Å². The third-order valence-corrected chi connectivity index (χ3v) is 0. The van der Waals surface area contributed by atoms with Crippen LogP contribution in [-0.2, 0) is 46.0 Å². The van der Waals surface area contributed by atoms with Crippen LogP contribution in [-0.4, -0.2) is 17.5 Å². The van der Waals surface area contributed by atoms with E-state index in [0.29, 0.717) is 0 Å². The van der Waals surface area contributed by atoms with Gasteiger partial charge >= 0.3 is 17.1 Å². The second-order valence-electron chi connectivity index (χ2n) is 0.408. The Labute approximate surface area is 63.6 Å². The van der Waals surface area contributed by atoms with E-state index in [4.69, 9.17) is 17.5 Å². The van der Waals surface area contributed by atoms with Crippen molar-refractivity contribution in [3.8, 4) is 0 Å². The van der Waals surface area contributed by atoms with Gasteiger partial charge in [-0.3, -0.25) is 8.42 Å². The van der Waals surface area contributed by atoms with Crippen LogP contribution >= 0.6 is 0 Å². The minimum atomic E-state index is -5.17. The molecule has 0 amide bonds. The van der Waals surface area contributed by atoms with Crippen molar-refractivity contribution in [2.45, 2.75) is 0 Å². The third-order valence-electron chi connectivity index (χ3n) is 0. The smallest absolute Gasteiger partial charge is 0.759 e. The Bertz CT molecular complexity index is 94.9. The van der Waals surface area contributed by atoms with Crippen LogP contribution in [0.1, 0.15) is 0 Å². The zero-order valence-electron chi connectivity index (χ0n) is 2.84. The molecule has 0 atom stereocenters. The Balaban J connectivity index is -0.0000000800. The van der Waals surface area contributed by atoms with E-state index in [1.807, 2.05) is 0 Å². The van der Waals surface area contributed by atoms with Crippen LogP contribution in [0.4, 0.5) is 0 Å². The Morgan fingerprint density at radius 2 is 1.14 bits per heavy atom. The van der Waals surface area contributed by atoms with Crippen LogP contribution in [0, 0.1) is 0 Å². The van der Waals surface area contributed by atoms with Gasteiger partial charge in [-0.15, -0.1) is 0 Å². The summed E-state index contributed by atoms with van der Waals surface area (Å²) in [5.41, 5.74) is 0. The van der Waals surface area contributed by atoms with E-state index < -0.39 is 10.4 Å². The third kappa shape index (κ3) is 182. The molecule has 0 aromatic rings. The first kappa shape index (κ1) is 15.7. The zero-order chi connectivity index (χ0) is 4.50. The summed E-state index contributed by atoms with van der Waals surface area (Å²) in [7, 11) is -5.17. The Kier molecular flexibility index (Phi) is 11.5. The Morgan fingerprint density at radius 1 is 1.14 bits per heavy atom. The molecule has 43 valence electrons. The molecule has 0 spiro atoms. The van der Waals surface area contributed by atoms with Gasteiger partial charge in [0.25, 0.3) is 0 Å². The molecule has 0 aromatic heterocycles. The molecule has 7 heavy (non-hydrogen) atoms. The Hall–Kier alpha value is 0.974. The van der Waals surface area contributed by atoms with Gasteiger partial charge in [0.2, 0.25) is 0 Å². The fourth-order valence-corrected chi connectivity index (χ4v) is 0. The molecular formula is FeO4SV. The van der Waals surface area contributed by atoms with E-state index in [9.17, 15) is 0 Å². The molecule has 0 aliphatic rings. The molecule has 4 nitrogen and oxygen atoms in total. The van der Waals surface area contributed by atoms with Crippen molar-refractivity contribution in [2.24, 2.45) is 0 Å². The van der Waals surface area contributed by atoms with E-state index in [0.717, 1.165) is 0 Å². The largest absolute Gasteiger partial charge is 2.00 e. The van der Waals surface area contributed by atoms with Gasteiger partial charge in [0, 0.05) is 29.0 Å². The zero-order valence-corrected chi connectivity index (χ0v) is 6.16. The second kappa shape index (κ2) is 5.12. The van der Waals surface area contributed by atoms with Crippen LogP contribution in [0.3, 0.4) is 0 Å². The van der Waals surface area contributed by atoms with Crippen molar-refractivity contribution in [1.82, 2.24) is 0 Å². The van der Waals surface area contributed by atoms with Crippen LogP contribution < -0.4 is 0 Å². The molecule has 0 aromatic carbocycles. The molecule has 0 aliphatic carbocycles. The first-order valence-corrected chi connectivity index (χ1v) is 2.00. The van der Waals surface area contributed by atoms with Crippen molar-refractivity contribution in [1.29, 1.82) is 0 Å². The van der Waals surface area contributed by atoms with Crippen LogP contribution in [0.25, 0.3) is 0 Å². The van der Waals surface area contributed by atoms with E-state index in [1.54, 1.807) is 0 Å². The van der Waals surface area contributed by atoms with Gasteiger partial charge in [0.05, 0.1) is 0 Å². The van der Waals surface area contributed by atoms with E-state index in [-0.39, 0.29) is 35.6 Å². The molecule has 0 bridgehead atoms. The van der Waals surface area contributed by atoms with Crippen molar-refractivity contribution in [3.63, 3.8) is 0 Å². The quantitative estimate of drug-likeness (QED) is 0.277. The van der Waals surface area contributed by atoms with E-state index >= 15 is 0 Å². The summed E-state index contributed by atoms with van der Waals surface area (Å²) in [5.74, 6) is 0. The minimum absolute atomic E-state index is 0. The maximum absolute atomic E-state index is 8.52. The maximum atomic E-state index is 8.52. The SMILES string of the molecule is O=S(=O)([O-])[O-].[Fe+2].[V]. The monoisotopic (exact) mass is 203 g/mol. The summed E-state index contributed by atoms with van der Waals surface area (Å²) in [5, 5.41) is 0. The van der Waals surface area contributed by atoms with Crippen LogP contribution in [0.2, 0.25) is 0 Å². The fraction of sp³-hybridized carbons (Fsp3) is 0. The average Bonchev–Trinajstić information content (AvgIpc) is 0.722. The van der Waals surface area contributed by atoms with Crippen molar-refractivity contribution >= 4 is 10.4 Å². The van der Waals surface area contributed by atoms with Gasteiger partial charge < -0.3 is 9.11 Å². The molecular weight excluding hydrogens is 203 g/mol. The van der Waals surface area contributed by atoms with Crippen LogP contribution in [0.5, 0.6) is 0 Å². The van der Waals surface area contributed by atoms with Crippen molar-refractivity contribution in [2.75, 3.05) is 0 Å². The maximum Gasteiger partial charge on any atom is 2.00 e. The second-order valence-corrected chi connectivity index (χ2v) is 1.22.